The van der Waals surface area contributed by atoms with Crippen LogP contribution in [-0.2, 0) is 11.1 Å². The summed E-state index contributed by atoms with van der Waals surface area (Å²) in [6.45, 7) is 4.82. The topological polar surface area (TPSA) is 7.76 Å². The predicted octanol–water partition coefficient (Wildman–Crippen LogP) is 19.7. The smallest absolute Gasteiger partial charge is 0.129 e. The zero-order valence-electron chi connectivity index (χ0n) is 46.2. The third-order valence-corrected chi connectivity index (χ3v) is 18.1. The molecular formula is C80H60N2+2. The normalized spacial score (nSPS) is 14.5. The second kappa shape index (κ2) is 20.0. The largest absolute Gasteiger partial charge is 0.399 e. The minimum absolute atomic E-state index is 0.302. The van der Waals surface area contributed by atoms with Crippen LogP contribution in [0.15, 0.2) is 304 Å². The number of rotatable bonds is 10. The summed E-state index contributed by atoms with van der Waals surface area (Å²) >= 11 is 0. The lowest BCUT2D eigenvalue weighted by Crippen LogP contribution is -2.82. The maximum Gasteiger partial charge on any atom is 0.399 e. The minimum Gasteiger partial charge on any atom is -0.129 e. The van der Waals surface area contributed by atoms with Gasteiger partial charge in [0.05, 0.1) is 16.5 Å². The van der Waals surface area contributed by atoms with E-state index in [1.165, 1.54) is 111 Å². The van der Waals surface area contributed by atoms with Gasteiger partial charge >= 0.3 is 5.66 Å². The highest BCUT2D eigenvalue weighted by molar-refractivity contribution is 5.95. The van der Waals surface area contributed by atoms with Crippen molar-refractivity contribution in [3.8, 4) is 112 Å². The molecule has 1 unspecified atom stereocenters. The van der Waals surface area contributed by atoms with Crippen molar-refractivity contribution in [2.45, 2.75) is 37.8 Å². The average molecular weight is 1050 g/mol. The summed E-state index contributed by atoms with van der Waals surface area (Å²) in [6, 6.07) is 108. The van der Waals surface area contributed by atoms with Gasteiger partial charge in [-0.25, -0.2) is 0 Å². The van der Waals surface area contributed by atoms with Crippen molar-refractivity contribution in [2.75, 3.05) is 0 Å². The number of pyridine rings is 2. The first-order chi connectivity index (χ1) is 40.5. The highest BCUT2D eigenvalue weighted by atomic mass is 15.3. The molecule has 388 valence electrons. The van der Waals surface area contributed by atoms with Gasteiger partial charge in [0.1, 0.15) is 11.0 Å². The molecule has 4 heterocycles. The lowest BCUT2D eigenvalue weighted by Gasteiger charge is -2.44. The second-order valence-corrected chi connectivity index (χ2v) is 22.3. The molecule has 0 bridgehead atoms. The van der Waals surface area contributed by atoms with Crippen LogP contribution in [0, 0.1) is 0 Å². The average Bonchev–Trinajstić information content (AvgIpc) is 1.68. The summed E-state index contributed by atoms with van der Waals surface area (Å²) < 4.78 is 5.27. The summed E-state index contributed by atoms with van der Waals surface area (Å²) in [5.74, 6) is 0. The molecule has 11 aromatic carbocycles. The van der Waals surface area contributed by atoms with E-state index in [2.05, 4.69) is 327 Å². The number of nitrogens with zero attached hydrogens (tertiary/aromatic N) is 2. The summed E-state index contributed by atoms with van der Waals surface area (Å²) in [4.78, 5) is 0. The Morgan fingerprint density at radius 1 is 0.268 bits per heavy atom. The van der Waals surface area contributed by atoms with Gasteiger partial charge in [-0.05, 0) is 204 Å². The van der Waals surface area contributed by atoms with Gasteiger partial charge in [0, 0.05) is 18.2 Å². The maximum absolute atomic E-state index is 2.64. The fourth-order valence-electron chi connectivity index (χ4n) is 14.2. The van der Waals surface area contributed by atoms with E-state index in [0.717, 1.165) is 35.1 Å². The van der Waals surface area contributed by atoms with Gasteiger partial charge in [-0.1, -0.05) is 196 Å². The van der Waals surface area contributed by atoms with Crippen LogP contribution >= 0.6 is 0 Å². The molecule has 2 heteroatoms. The molecule has 0 radical (unpaired) electrons. The first-order valence-electron chi connectivity index (χ1n) is 29.0. The van der Waals surface area contributed by atoms with E-state index in [4.69, 9.17) is 0 Å². The Hall–Kier alpha value is -10.0. The zero-order chi connectivity index (χ0) is 54.8. The third kappa shape index (κ3) is 7.85. The van der Waals surface area contributed by atoms with E-state index in [1.807, 2.05) is 0 Å². The van der Waals surface area contributed by atoms with Gasteiger partial charge in [-0.15, -0.1) is 9.13 Å². The molecule has 2 aliphatic heterocycles. The van der Waals surface area contributed by atoms with Crippen LogP contribution in [0.5, 0.6) is 0 Å². The summed E-state index contributed by atoms with van der Waals surface area (Å²) in [5, 5.41) is 2.54. The third-order valence-electron chi connectivity index (χ3n) is 18.1. The highest BCUT2D eigenvalue weighted by Gasteiger charge is 2.74. The fraction of sp³-hybridized carbons (Fsp3) is 0.0750. The van der Waals surface area contributed by atoms with Crippen LogP contribution in [0.4, 0.5) is 0 Å². The van der Waals surface area contributed by atoms with Gasteiger partial charge in [-0.2, -0.15) is 0 Å². The molecule has 0 aliphatic carbocycles. The summed E-state index contributed by atoms with van der Waals surface area (Å²) in [7, 11) is 0. The number of hydrogen-bond acceptors (Lipinski definition) is 0. The molecule has 0 amide bonds. The molecule has 0 saturated carbocycles. The van der Waals surface area contributed by atoms with Crippen molar-refractivity contribution in [1.82, 2.24) is 0 Å². The Morgan fingerprint density at radius 2 is 0.671 bits per heavy atom. The number of hydrogen-bond donors (Lipinski definition) is 0. The molecule has 0 N–H and O–H groups in total. The molecule has 1 atom stereocenters. The van der Waals surface area contributed by atoms with Crippen molar-refractivity contribution < 1.29 is 9.13 Å². The lowest BCUT2D eigenvalue weighted by molar-refractivity contribution is -0.982. The van der Waals surface area contributed by atoms with Crippen LogP contribution in [0.2, 0.25) is 0 Å². The molecule has 15 rings (SSSR count). The lowest BCUT2D eigenvalue weighted by atomic mass is 9.60. The van der Waals surface area contributed by atoms with E-state index in [9.17, 15) is 0 Å². The molecule has 13 aromatic rings. The van der Waals surface area contributed by atoms with Crippen molar-refractivity contribution in [3.05, 3.63) is 315 Å². The van der Waals surface area contributed by atoms with E-state index in [0.29, 0.717) is 0 Å². The van der Waals surface area contributed by atoms with Gasteiger partial charge in [0.2, 0.25) is 11.4 Å². The van der Waals surface area contributed by atoms with Gasteiger partial charge in [0.25, 0.3) is 0 Å². The fourth-order valence-corrected chi connectivity index (χ4v) is 14.2. The number of aromatic nitrogens is 2. The van der Waals surface area contributed by atoms with E-state index < -0.39 is 5.66 Å². The molecule has 2 aliphatic rings. The Kier molecular flexibility index (Phi) is 11.9. The SMILES string of the molecule is CCC1(CC)c2ccc(-c3cccc(-c4cc(-c5cc(-c6ccccc6)cc(-c6ccccc6)c5)cc(-c5cc(-c6ccccc6)cc(-c6ccccc6)c5)c4)c3)cc2-c2cccc[n+]2C12c1ccccc1-c1c3ccccc3cc[n+]12. The Labute approximate surface area is 481 Å². The summed E-state index contributed by atoms with van der Waals surface area (Å²) in [6.07, 6.45) is 6.61. The van der Waals surface area contributed by atoms with Crippen LogP contribution in [0.3, 0.4) is 0 Å². The highest BCUT2D eigenvalue weighted by Crippen LogP contribution is 2.57. The first-order valence-corrected chi connectivity index (χ1v) is 29.0. The number of benzene rings is 11. The quantitative estimate of drug-likeness (QED) is 0.121. The molecule has 2 nitrogen and oxygen atoms in total. The molecule has 1 spiro atoms. The Bertz CT molecular complexity index is 4320. The Balaban J connectivity index is 0.915. The van der Waals surface area contributed by atoms with Crippen molar-refractivity contribution in [1.29, 1.82) is 0 Å². The van der Waals surface area contributed by atoms with Gasteiger partial charge in [-0.3, -0.25) is 0 Å². The molecular weight excluding hydrogens is 989 g/mol. The number of fused-ring (bicyclic) bond motifs is 11. The molecule has 0 fully saturated rings. The maximum atomic E-state index is 2.64. The van der Waals surface area contributed by atoms with Gasteiger partial charge < -0.3 is 0 Å². The van der Waals surface area contributed by atoms with Crippen molar-refractivity contribution in [2.24, 2.45) is 0 Å². The van der Waals surface area contributed by atoms with Crippen LogP contribution < -0.4 is 9.13 Å². The van der Waals surface area contributed by atoms with Crippen molar-refractivity contribution >= 4 is 10.8 Å². The zero-order valence-corrected chi connectivity index (χ0v) is 46.2. The van der Waals surface area contributed by atoms with Crippen molar-refractivity contribution in [3.63, 3.8) is 0 Å². The van der Waals surface area contributed by atoms with Gasteiger partial charge in [0.15, 0.2) is 12.4 Å². The van der Waals surface area contributed by atoms with Crippen LogP contribution in [0.1, 0.15) is 37.8 Å². The molecule has 82 heavy (non-hydrogen) atoms. The first kappa shape index (κ1) is 49.1. The Morgan fingerprint density at radius 3 is 1.20 bits per heavy atom. The standard InChI is InChI=1S/C80H60N2/c1-3-79(4-2)75-40-39-62(54-74(75)77-38-21-22-42-81(77)80(79)76-37-20-19-36-73(76)78-72-35-18-17-32-59(72)41-43-82(78)80)60-33-23-34-61(44-60)67-51-70(68-47-63(55-24-9-5-10-25-55)45-64(48-68)56-26-11-6-12-27-56)53-71(52-67)69-49-65(57-28-13-7-14-29-57)46-66(50-69)58-30-15-8-16-31-58/h5-54H,3-4H2,1-2H3/q+2. The molecule has 0 saturated heterocycles. The predicted molar refractivity (Wildman–Crippen MR) is 340 cm³/mol. The second-order valence-electron chi connectivity index (χ2n) is 22.3. The van der Waals surface area contributed by atoms with E-state index in [-0.39, 0.29) is 5.41 Å². The monoisotopic (exact) mass is 1050 g/mol. The van der Waals surface area contributed by atoms with E-state index >= 15 is 0 Å². The summed E-state index contributed by atoms with van der Waals surface area (Å²) in [5.41, 5.74) is 25.8. The van der Waals surface area contributed by atoms with Crippen LogP contribution in [-0.4, -0.2) is 0 Å². The minimum atomic E-state index is -0.550. The molecule has 2 aromatic heterocycles. The van der Waals surface area contributed by atoms with E-state index in [1.54, 1.807) is 0 Å². The van der Waals surface area contributed by atoms with Crippen LogP contribution in [0.25, 0.3) is 122 Å².